The van der Waals surface area contributed by atoms with E-state index in [1.54, 1.807) is 7.11 Å². The highest BCUT2D eigenvalue weighted by Crippen LogP contribution is 2.33. The van der Waals surface area contributed by atoms with E-state index in [1.165, 1.54) is 0 Å². The summed E-state index contributed by atoms with van der Waals surface area (Å²) < 4.78 is 5.16. The third-order valence-electron chi connectivity index (χ3n) is 3.92. The van der Waals surface area contributed by atoms with Gasteiger partial charge in [0, 0.05) is 6.42 Å². The Morgan fingerprint density at radius 2 is 1.90 bits per heavy atom. The quantitative estimate of drug-likeness (QED) is 0.914. The first-order valence-corrected chi connectivity index (χ1v) is 6.88. The van der Waals surface area contributed by atoms with Crippen molar-refractivity contribution in [2.75, 3.05) is 12.8 Å². The van der Waals surface area contributed by atoms with Crippen LogP contribution in [-0.4, -0.2) is 22.9 Å². The zero-order chi connectivity index (χ0) is 15.0. The standard InChI is InChI=1S/C16H17N3O2/c1-9-15-13(19-16(17)18-9)7-11(8-14(15)20)10-3-5-12(21-2)6-4-10/h3-6,11H,7-8H2,1-2H3,(H2,17,18,19)/t11-/m0/s1. The summed E-state index contributed by atoms with van der Waals surface area (Å²) in [6.07, 6.45) is 1.19. The summed E-state index contributed by atoms with van der Waals surface area (Å²) in [5.41, 5.74) is 8.90. The van der Waals surface area contributed by atoms with Crippen molar-refractivity contribution in [3.8, 4) is 5.75 Å². The Labute approximate surface area is 123 Å². The van der Waals surface area contributed by atoms with Gasteiger partial charge < -0.3 is 10.5 Å². The number of rotatable bonds is 2. The molecule has 0 radical (unpaired) electrons. The molecule has 1 aromatic heterocycles. The van der Waals surface area contributed by atoms with Crippen LogP contribution >= 0.6 is 0 Å². The zero-order valence-electron chi connectivity index (χ0n) is 12.1. The summed E-state index contributed by atoms with van der Waals surface area (Å²) >= 11 is 0. The molecular weight excluding hydrogens is 266 g/mol. The second-order valence-corrected chi connectivity index (χ2v) is 5.29. The van der Waals surface area contributed by atoms with E-state index in [0.29, 0.717) is 24.1 Å². The first kappa shape index (κ1) is 13.5. The summed E-state index contributed by atoms with van der Waals surface area (Å²) in [5, 5.41) is 0. The topological polar surface area (TPSA) is 78.1 Å². The van der Waals surface area contributed by atoms with Crippen molar-refractivity contribution >= 4 is 11.7 Å². The monoisotopic (exact) mass is 283 g/mol. The van der Waals surface area contributed by atoms with Crippen LogP contribution in [0.4, 0.5) is 5.95 Å². The van der Waals surface area contributed by atoms with Gasteiger partial charge in [-0.1, -0.05) is 12.1 Å². The van der Waals surface area contributed by atoms with E-state index >= 15 is 0 Å². The van der Waals surface area contributed by atoms with E-state index in [2.05, 4.69) is 9.97 Å². The maximum Gasteiger partial charge on any atom is 0.220 e. The molecule has 1 heterocycles. The normalized spacial score (nSPS) is 17.4. The van der Waals surface area contributed by atoms with Crippen molar-refractivity contribution in [1.82, 2.24) is 9.97 Å². The van der Waals surface area contributed by atoms with E-state index in [-0.39, 0.29) is 17.6 Å². The van der Waals surface area contributed by atoms with Gasteiger partial charge in [0.15, 0.2) is 5.78 Å². The number of fused-ring (bicyclic) bond motifs is 1. The molecule has 108 valence electrons. The number of nitrogen functional groups attached to an aromatic ring is 1. The number of benzene rings is 1. The highest BCUT2D eigenvalue weighted by Gasteiger charge is 2.29. The molecule has 0 unspecified atom stereocenters. The molecule has 0 saturated heterocycles. The van der Waals surface area contributed by atoms with Crippen LogP contribution in [0.1, 0.15) is 39.6 Å². The fourth-order valence-electron chi connectivity index (χ4n) is 2.91. The van der Waals surface area contributed by atoms with E-state index in [4.69, 9.17) is 10.5 Å². The molecule has 0 spiro atoms. The number of nitrogens with two attached hydrogens (primary N) is 1. The van der Waals surface area contributed by atoms with Gasteiger partial charge >= 0.3 is 0 Å². The maximum atomic E-state index is 12.4. The smallest absolute Gasteiger partial charge is 0.220 e. The molecule has 1 aliphatic rings. The first-order valence-electron chi connectivity index (χ1n) is 6.88. The fraction of sp³-hybridized carbons (Fsp3) is 0.312. The molecule has 0 fully saturated rings. The van der Waals surface area contributed by atoms with E-state index in [1.807, 2.05) is 31.2 Å². The number of hydrogen-bond acceptors (Lipinski definition) is 5. The number of carbonyl (C=O) groups excluding carboxylic acids is 1. The Balaban J connectivity index is 1.95. The van der Waals surface area contributed by atoms with Crippen molar-refractivity contribution in [1.29, 1.82) is 0 Å². The van der Waals surface area contributed by atoms with Gasteiger partial charge in [0.1, 0.15) is 5.75 Å². The van der Waals surface area contributed by atoms with Crippen LogP contribution in [0.3, 0.4) is 0 Å². The Hall–Kier alpha value is -2.43. The largest absolute Gasteiger partial charge is 0.497 e. The maximum absolute atomic E-state index is 12.4. The number of Topliss-reactive ketones (excluding diaryl/α,β-unsaturated/α-hetero) is 1. The summed E-state index contributed by atoms with van der Waals surface area (Å²) in [6.45, 7) is 1.81. The highest BCUT2D eigenvalue weighted by molar-refractivity contribution is 5.99. The summed E-state index contributed by atoms with van der Waals surface area (Å²) in [6, 6.07) is 7.82. The molecule has 2 N–H and O–H groups in total. The number of ketones is 1. The number of aromatic nitrogens is 2. The van der Waals surface area contributed by atoms with E-state index < -0.39 is 0 Å². The molecule has 1 aromatic carbocycles. The van der Waals surface area contributed by atoms with Gasteiger partial charge in [-0.25, -0.2) is 9.97 Å². The fourth-order valence-corrected chi connectivity index (χ4v) is 2.91. The molecule has 0 bridgehead atoms. The minimum absolute atomic E-state index is 0.0922. The second kappa shape index (κ2) is 5.16. The minimum Gasteiger partial charge on any atom is -0.497 e. The summed E-state index contributed by atoms with van der Waals surface area (Å²) in [5.74, 6) is 1.26. The molecule has 0 amide bonds. The van der Waals surface area contributed by atoms with Gasteiger partial charge in [0.05, 0.1) is 24.1 Å². The molecule has 5 nitrogen and oxygen atoms in total. The van der Waals surface area contributed by atoms with Gasteiger partial charge in [-0.15, -0.1) is 0 Å². The number of nitrogens with zero attached hydrogens (tertiary/aromatic N) is 2. The number of ether oxygens (including phenoxy) is 1. The van der Waals surface area contributed by atoms with Crippen LogP contribution in [0.2, 0.25) is 0 Å². The summed E-state index contributed by atoms with van der Waals surface area (Å²) in [4.78, 5) is 20.7. The minimum atomic E-state index is 0.0922. The van der Waals surface area contributed by atoms with Crippen molar-refractivity contribution in [2.45, 2.75) is 25.7 Å². The Kier molecular flexibility index (Phi) is 3.33. The van der Waals surface area contributed by atoms with Crippen molar-refractivity contribution < 1.29 is 9.53 Å². The average Bonchev–Trinajstić information content (AvgIpc) is 2.46. The Morgan fingerprint density at radius 1 is 1.19 bits per heavy atom. The lowest BCUT2D eigenvalue weighted by Gasteiger charge is -2.24. The SMILES string of the molecule is COc1ccc([C@@H]2CC(=O)c3c(C)nc(N)nc3C2)cc1. The molecule has 3 rings (SSSR count). The second-order valence-electron chi connectivity index (χ2n) is 5.29. The average molecular weight is 283 g/mol. The number of carbonyl (C=O) groups is 1. The number of hydrogen-bond donors (Lipinski definition) is 1. The van der Waals surface area contributed by atoms with E-state index in [9.17, 15) is 4.79 Å². The van der Waals surface area contributed by atoms with Gasteiger partial charge in [-0.3, -0.25) is 4.79 Å². The highest BCUT2D eigenvalue weighted by atomic mass is 16.5. The zero-order valence-corrected chi connectivity index (χ0v) is 12.1. The predicted octanol–water partition coefficient (Wildman–Crippen LogP) is 2.29. The lowest BCUT2D eigenvalue weighted by Crippen LogP contribution is -2.22. The number of aryl methyl sites for hydroxylation is 1. The lowest BCUT2D eigenvalue weighted by atomic mass is 9.81. The molecule has 0 aliphatic heterocycles. The van der Waals surface area contributed by atoms with Gasteiger partial charge in [0.2, 0.25) is 5.95 Å². The third kappa shape index (κ3) is 2.46. The van der Waals surface area contributed by atoms with Gasteiger partial charge in [0.25, 0.3) is 0 Å². The first-order chi connectivity index (χ1) is 10.1. The molecule has 1 atom stereocenters. The Morgan fingerprint density at radius 3 is 2.57 bits per heavy atom. The molecule has 21 heavy (non-hydrogen) atoms. The van der Waals surface area contributed by atoms with Crippen LogP contribution in [0.25, 0.3) is 0 Å². The predicted molar refractivity (Wildman–Crippen MR) is 79.6 cm³/mol. The van der Waals surface area contributed by atoms with Gasteiger partial charge in [-0.05, 0) is 37.0 Å². The van der Waals surface area contributed by atoms with Crippen molar-refractivity contribution in [3.63, 3.8) is 0 Å². The van der Waals surface area contributed by atoms with Crippen LogP contribution in [0.5, 0.6) is 5.75 Å². The molecule has 1 aliphatic carbocycles. The number of anilines is 1. The van der Waals surface area contributed by atoms with Crippen LogP contribution in [-0.2, 0) is 6.42 Å². The molecular formula is C16H17N3O2. The van der Waals surface area contributed by atoms with Crippen LogP contribution < -0.4 is 10.5 Å². The molecule has 0 saturated carbocycles. The van der Waals surface area contributed by atoms with Gasteiger partial charge in [-0.2, -0.15) is 0 Å². The lowest BCUT2D eigenvalue weighted by molar-refractivity contribution is 0.0962. The van der Waals surface area contributed by atoms with Crippen molar-refractivity contribution in [3.05, 3.63) is 46.8 Å². The Bertz CT molecular complexity index is 695. The number of methoxy groups -OCH3 is 1. The van der Waals surface area contributed by atoms with Crippen LogP contribution in [0, 0.1) is 6.92 Å². The molecule has 2 aromatic rings. The van der Waals surface area contributed by atoms with Crippen molar-refractivity contribution in [2.24, 2.45) is 0 Å². The third-order valence-corrected chi connectivity index (χ3v) is 3.92. The van der Waals surface area contributed by atoms with Crippen LogP contribution in [0.15, 0.2) is 24.3 Å². The summed E-state index contributed by atoms with van der Waals surface area (Å²) in [7, 11) is 1.64. The van der Waals surface area contributed by atoms with E-state index in [0.717, 1.165) is 17.0 Å². The molecule has 5 heteroatoms.